The van der Waals surface area contributed by atoms with Crippen molar-refractivity contribution in [2.24, 2.45) is 0 Å². The van der Waals surface area contributed by atoms with Gasteiger partial charge in [-0.15, -0.1) is 0 Å². The molecule has 1 fully saturated rings. The summed E-state index contributed by atoms with van der Waals surface area (Å²) in [5.41, 5.74) is 1.48. The smallest absolute Gasteiger partial charge is 0.339 e. The minimum absolute atomic E-state index is 0.00458. The number of epoxide rings is 1. The molecule has 1 N–H and O–H groups in total. The number of aromatic carboxylic acids is 1. The average molecular weight is 379 g/mol. The molecule has 2 aromatic rings. The Hall–Kier alpha value is -2.44. The van der Waals surface area contributed by atoms with Crippen LogP contribution in [0.2, 0.25) is 5.02 Å². The maximum absolute atomic E-state index is 11.5. The number of carboxylic acid groups (broad SMARTS) is 1. The van der Waals surface area contributed by atoms with Gasteiger partial charge in [-0.05, 0) is 30.7 Å². The van der Waals surface area contributed by atoms with Gasteiger partial charge in [0.25, 0.3) is 0 Å². The second-order valence-electron chi connectivity index (χ2n) is 5.90. The summed E-state index contributed by atoms with van der Waals surface area (Å²) in [6, 6.07) is 8.80. The number of hydrogen-bond donors (Lipinski definition) is 1. The van der Waals surface area contributed by atoms with Gasteiger partial charge in [0.15, 0.2) is 0 Å². The molecule has 0 bridgehead atoms. The standard InChI is InChI=1S/C19H19ClO6/c1-11-17(26-10-14-9-24-14)15(19(21)22)7-16(20)18(11)25-8-12-3-5-13(23-2)6-4-12/h3-7,14H,8-10H2,1-2H3,(H,21,22)/t14-/m0/s1. The monoisotopic (exact) mass is 378 g/mol. The van der Waals surface area contributed by atoms with E-state index in [1.165, 1.54) is 6.07 Å². The van der Waals surface area contributed by atoms with Gasteiger partial charge in [0, 0.05) is 5.56 Å². The van der Waals surface area contributed by atoms with Crippen LogP contribution in [0.1, 0.15) is 21.5 Å². The van der Waals surface area contributed by atoms with Crippen molar-refractivity contribution in [1.29, 1.82) is 0 Å². The number of rotatable bonds is 8. The Bertz CT molecular complexity index is 799. The molecule has 26 heavy (non-hydrogen) atoms. The summed E-state index contributed by atoms with van der Waals surface area (Å²) in [7, 11) is 1.60. The van der Waals surface area contributed by atoms with Gasteiger partial charge < -0.3 is 24.1 Å². The van der Waals surface area contributed by atoms with E-state index in [9.17, 15) is 9.90 Å². The van der Waals surface area contributed by atoms with Gasteiger partial charge in [0.2, 0.25) is 0 Å². The lowest BCUT2D eigenvalue weighted by atomic mass is 10.1. The van der Waals surface area contributed by atoms with E-state index in [2.05, 4.69) is 0 Å². The first kappa shape index (κ1) is 18.4. The molecule has 6 nitrogen and oxygen atoms in total. The fraction of sp³-hybridized carbons (Fsp3) is 0.316. The van der Waals surface area contributed by atoms with Crippen LogP contribution in [-0.4, -0.2) is 37.5 Å². The second kappa shape index (κ2) is 7.85. The van der Waals surface area contributed by atoms with E-state index in [-0.39, 0.29) is 29.0 Å². The summed E-state index contributed by atoms with van der Waals surface area (Å²) in [6.07, 6.45) is 0.00962. The van der Waals surface area contributed by atoms with Crippen molar-refractivity contribution in [3.05, 3.63) is 52.0 Å². The molecule has 1 atom stereocenters. The van der Waals surface area contributed by atoms with Gasteiger partial charge in [-0.1, -0.05) is 23.7 Å². The number of methoxy groups -OCH3 is 1. The Balaban J connectivity index is 1.82. The first-order valence-corrected chi connectivity index (χ1v) is 8.44. The van der Waals surface area contributed by atoms with E-state index >= 15 is 0 Å². The number of hydrogen-bond acceptors (Lipinski definition) is 5. The lowest BCUT2D eigenvalue weighted by Gasteiger charge is -2.17. The van der Waals surface area contributed by atoms with Crippen molar-refractivity contribution >= 4 is 17.6 Å². The summed E-state index contributed by atoms with van der Waals surface area (Å²) in [4.78, 5) is 11.5. The van der Waals surface area contributed by atoms with Crippen LogP contribution in [0.25, 0.3) is 0 Å². The molecule has 1 aliphatic rings. The van der Waals surface area contributed by atoms with Crippen LogP contribution >= 0.6 is 11.6 Å². The third kappa shape index (κ3) is 4.20. The minimum atomic E-state index is -1.11. The van der Waals surface area contributed by atoms with E-state index in [0.717, 1.165) is 11.3 Å². The molecule has 0 amide bonds. The number of carbonyl (C=O) groups is 1. The number of carboxylic acids is 1. The molecule has 3 rings (SSSR count). The molecular weight excluding hydrogens is 360 g/mol. The predicted molar refractivity (Wildman–Crippen MR) is 95.7 cm³/mol. The maximum atomic E-state index is 11.5. The van der Waals surface area contributed by atoms with Crippen molar-refractivity contribution < 1.29 is 28.8 Å². The van der Waals surface area contributed by atoms with Crippen molar-refractivity contribution in [2.45, 2.75) is 19.6 Å². The van der Waals surface area contributed by atoms with Crippen molar-refractivity contribution in [3.63, 3.8) is 0 Å². The number of benzene rings is 2. The van der Waals surface area contributed by atoms with Crippen LogP contribution < -0.4 is 14.2 Å². The highest BCUT2D eigenvalue weighted by molar-refractivity contribution is 6.32. The Morgan fingerprint density at radius 1 is 1.27 bits per heavy atom. The normalized spacial score (nSPS) is 15.4. The van der Waals surface area contributed by atoms with E-state index < -0.39 is 5.97 Å². The summed E-state index contributed by atoms with van der Waals surface area (Å²) in [5.74, 6) is 0.302. The van der Waals surface area contributed by atoms with Gasteiger partial charge in [-0.2, -0.15) is 0 Å². The minimum Gasteiger partial charge on any atom is -0.497 e. The van der Waals surface area contributed by atoms with Crippen LogP contribution in [0.5, 0.6) is 17.2 Å². The van der Waals surface area contributed by atoms with Crippen molar-refractivity contribution in [3.8, 4) is 17.2 Å². The Morgan fingerprint density at radius 2 is 1.96 bits per heavy atom. The molecule has 0 spiro atoms. The predicted octanol–water partition coefficient (Wildman–Crippen LogP) is 3.71. The molecule has 138 valence electrons. The molecule has 1 heterocycles. The number of halogens is 1. The zero-order chi connectivity index (χ0) is 18.7. The average Bonchev–Trinajstić information content (AvgIpc) is 3.45. The fourth-order valence-electron chi connectivity index (χ4n) is 2.48. The third-order valence-electron chi connectivity index (χ3n) is 4.00. The SMILES string of the molecule is COc1ccc(COc2c(Cl)cc(C(=O)O)c(OC[C@@H]3CO3)c2C)cc1. The zero-order valence-corrected chi connectivity index (χ0v) is 15.2. The quantitative estimate of drug-likeness (QED) is 0.705. The van der Waals surface area contributed by atoms with Crippen LogP contribution in [0, 0.1) is 6.92 Å². The van der Waals surface area contributed by atoms with Crippen LogP contribution in [-0.2, 0) is 11.3 Å². The van der Waals surface area contributed by atoms with Crippen LogP contribution in [0.3, 0.4) is 0 Å². The molecule has 0 aliphatic carbocycles. The van der Waals surface area contributed by atoms with Crippen LogP contribution in [0.4, 0.5) is 0 Å². The van der Waals surface area contributed by atoms with Crippen LogP contribution in [0.15, 0.2) is 30.3 Å². The highest BCUT2D eigenvalue weighted by Gasteiger charge is 2.26. The van der Waals surface area contributed by atoms with Crippen molar-refractivity contribution in [1.82, 2.24) is 0 Å². The van der Waals surface area contributed by atoms with Gasteiger partial charge in [0.05, 0.1) is 18.7 Å². The highest BCUT2D eigenvalue weighted by Crippen LogP contribution is 2.39. The van der Waals surface area contributed by atoms with Gasteiger partial charge in [-0.25, -0.2) is 4.79 Å². The summed E-state index contributed by atoms with van der Waals surface area (Å²) in [6.45, 7) is 2.92. The van der Waals surface area contributed by atoms with Gasteiger partial charge in [-0.3, -0.25) is 0 Å². The lowest BCUT2D eigenvalue weighted by molar-refractivity contribution is 0.0691. The first-order chi connectivity index (χ1) is 12.5. The Labute approximate surface area is 156 Å². The Morgan fingerprint density at radius 3 is 2.54 bits per heavy atom. The zero-order valence-electron chi connectivity index (χ0n) is 14.5. The van der Waals surface area contributed by atoms with E-state index in [1.807, 2.05) is 24.3 Å². The maximum Gasteiger partial charge on any atom is 0.339 e. The molecule has 2 aromatic carbocycles. The molecule has 0 aromatic heterocycles. The summed E-state index contributed by atoms with van der Waals surface area (Å²) >= 11 is 6.25. The summed E-state index contributed by atoms with van der Waals surface area (Å²) in [5, 5.41) is 9.65. The van der Waals surface area contributed by atoms with Gasteiger partial charge in [0.1, 0.15) is 42.1 Å². The molecule has 7 heteroatoms. The van der Waals surface area contributed by atoms with Gasteiger partial charge >= 0.3 is 5.97 Å². The van der Waals surface area contributed by atoms with Crippen molar-refractivity contribution in [2.75, 3.05) is 20.3 Å². The molecule has 0 unspecified atom stereocenters. The topological polar surface area (TPSA) is 77.5 Å². The third-order valence-corrected chi connectivity index (χ3v) is 4.28. The highest BCUT2D eigenvalue weighted by atomic mass is 35.5. The fourth-order valence-corrected chi connectivity index (χ4v) is 2.79. The van der Waals surface area contributed by atoms with E-state index in [1.54, 1.807) is 14.0 Å². The summed E-state index contributed by atoms with van der Waals surface area (Å²) < 4.78 is 21.8. The van der Waals surface area contributed by atoms with E-state index in [0.29, 0.717) is 24.5 Å². The first-order valence-electron chi connectivity index (χ1n) is 8.06. The molecular formula is C19H19ClO6. The largest absolute Gasteiger partial charge is 0.497 e. The second-order valence-corrected chi connectivity index (χ2v) is 6.30. The molecule has 1 aliphatic heterocycles. The molecule has 1 saturated heterocycles. The number of ether oxygens (including phenoxy) is 4. The lowest BCUT2D eigenvalue weighted by Crippen LogP contribution is -2.11. The molecule has 0 saturated carbocycles. The van der Waals surface area contributed by atoms with E-state index in [4.69, 9.17) is 30.5 Å². The Kier molecular flexibility index (Phi) is 5.54. The molecule has 0 radical (unpaired) electrons.